The maximum absolute atomic E-state index is 13.3. The van der Waals surface area contributed by atoms with E-state index in [1.807, 2.05) is 0 Å². The molecule has 9 heteroatoms. The van der Waals surface area contributed by atoms with Crippen molar-refractivity contribution in [3.05, 3.63) is 29.8 Å². The van der Waals surface area contributed by atoms with Gasteiger partial charge in [-0.15, -0.1) is 13.2 Å². The average Bonchev–Trinajstić information content (AvgIpc) is 2.93. The van der Waals surface area contributed by atoms with Crippen LogP contribution in [-0.4, -0.2) is 35.5 Å². The van der Waals surface area contributed by atoms with E-state index in [2.05, 4.69) is 9.72 Å². The third kappa shape index (κ3) is 4.38. The van der Waals surface area contributed by atoms with Crippen LogP contribution in [0, 0.1) is 11.2 Å². The number of hydrogen-bond donors (Lipinski definition) is 0. The van der Waals surface area contributed by atoms with E-state index in [1.165, 1.54) is 26.1 Å². The molecule has 0 N–H and O–H groups in total. The van der Waals surface area contributed by atoms with Crippen LogP contribution < -0.4 is 0 Å². The van der Waals surface area contributed by atoms with E-state index in [9.17, 15) is 22.4 Å². The number of aromatic nitrogens is 1. The number of hydroxylamine groups is 2. The Hall–Kier alpha value is -1.74. The number of pyridine rings is 1. The van der Waals surface area contributed by atoms with E-state index >= 15 is 0 Å². The van der Waals surface area contributed by atoms with E-state index in [-0.39, 0.29) is 6.61 Å². The minimum absolute atomic E-state index is 0.198. The van der Waals surface area contributed by atoms with Crippen molar-refractivity contribution in [2.75, 3.05) is 13.2 Å². The molecular weight excluding hydrogens is 320 g/mol. The molecule has 0 spiro atoms. The monoisotopic (exact) mass is 336 g/mol. The molecule has 128 valence electrons. The van der Waals surface area contributed by atoms with Gasteiger partial charge in [0.15, 0.2) is 0 Å². The van der Waals surface area contributed by atoms with Crippen LogP contribution in [0.25, 0.3) is 0 Å². The Balaban J connectivity index is 2.14. The van der Waals surface area contributed by atoms with Gasteiger partial charge in [0.25, 0.3) is 5.91 Å². The summed E-state index contributed by atoms with van der Waals surface area (Å²) in [6.07, 6.45) is -2.02. The molecule has 1 aromatic rings. The highest BCUT2D eigenvalue weighted by Crippen LogP contribution is 2.35. The number of hydrogen-bond acceptors (Lipinski definition) is 4. The molecule has 0 unspecified atom stereocenters. The molecule has 1 aliphatic heterocycles. The quantitative estimate of drug-likeness (QED) is 0.793. The SMILES string of the molecule is CC(C)(COC(F)(F)F)C(=O)N1OCC[C@H]1c1cncc(F)c1. The van der Waals surface area contributed by atoms with Crippen LogP contribution in [0.5, 0.6) is 0 Å². The fourth-order valence-corrected chi connectivity index (χ4v) is 2.20. The molecular formula is C14H16F4N2O3. The lowest BCUT2D eigenvalue weighted by molar-refractivity contribution is -0.331. The first-order chi connectivity index (χ1) is 10.6. The molecule has 0 saturated carbocycles. The van der Waals surface area contributed by atoms with Gasteiger partial charge in [-0.25, -0.2) is 9.45 Å². The average molecular weight is 336 g/mol. The Kier molecular flexibility index (Phi) is 4.90. The minimum Gasteiger partial charge on any atom is -0.291 e. The second-order valence-corrected chi connectivity index (χ2v) is 5.82. The molecule has 1 amide bonds. The van der Waals surface area contributed by atoms with Gasteiger partial charge in [-0.2, -0.15) is 0 Å². The van der Waals surface area contributed by atoms with Crippen LogP contribution >= 0.6 is 0 Å². The highest BCUT2D eigenvalue weighted by atomic mass is 19.4. The number of carbonyl (C=O) groups is 1. The van der Waals surface area contributed by atoms with Crippen molar-refractivity contribution in [2.45, 2.75) is 32.7 Å². The lowest BCUT2D eigenvalue weighted by atomic mass is 9.92. The van der Waals surface area contributed by atoms with Crippen molar-refractivity contribution < 1.29 is 31.9 Å². The number of nitrogens with zero attached hydrogens (tertiary/aromatic N) is 2. The third-order valence-corrected chi connectivity index (χ3v) is 3.39. The second kappa shape index (κ2) is 6.40. The van der Waals surface area contributed by atoms with Crippen molar-refractivity contribution in [2.24, 2.45) is 5.41 Å². The third-order valence-electron chi connectivity index (χ3n) is 3.39. The lowest BCUT2D eigenvalue weighted by Crippen LogP contribution is -2.43. The van der Waals surface area contributed by atoms with Gasteiger partial charge in [0.2, 0.25) is 0 Å². The topological polar surface area (TPSA) is 51.7 Å². The van der Waals surface area contributed by atoms with Crippen LogP contribution in [0.1, 0.15) is 31.9 Å². The lowest BCUT2D eigenvalue weighted by Gasteiger charge is -2.31. The predicted molar refractivity (Wildman–Crippen MR) is 70.1 cm³/mol. The molecule has 1 atom stereocenters. The zero-order valence-corrected chi connectivity index (χ0v) is 12.6. The first kappa shape index (κ1) is 17.6. The standard InChI is InChI=1S/C14H16F4N2O3/c1-13(2,8-22-14(16,17)18)12(21)20-11(3-4-23-20)9-5-10(15)7-19-6-9/h5-7,11H,3-4,8H2,1-2H3/t11-/m0/s1. The Morgan fingerprint density at radius 1 is 1.43 bits per heavy atom. The zero-order chi connectivity index (χ0) is 17.3. The molecule has 1 saturated heterocycles. The highest BCUT2D eigenvalue weighted by Gasteiger charge is 2.42. The summed E-state index contributed by atoms with van der Waals surface area (Å²) in [5, 5.41) is 0.982. The molecule has 1 aromatic heterocycles. The molecule has 2 heterocycles. The smallest absolute Gasteiger partial charge is 0.291 e. The van der Waals surface area contributed by atoms with Crippen LogP contribution in [0.15, 0.2) is 18.5 Å². The number of alkyl halides is 3. The van der Waals surface area contributed by atoms with E-state index in [1.54, 1.807) is 0 Å². The van der Waals surface area contributed by atoms with Crippen LogP contribution in [0.3, 0.4) is 0 Å². The summed E-state index contributed by atoms with van der Waals surface area (Å²) in [5.74, 6) is -1.24. The molecule has 5 nitrogen and oxygen atoms in total. The second-order valence-electron chi connectivity index (χ2n) is 5.82. The molecule has 0 radical (unpaired) electrons. The van der Waals surface area contributed by atoms with Crippen LogP contribution in [0.2, 0.25) is 0 Å². The van der Waals surface area contributed by atoms with Crippen molar-refractivity contribution >= 4 is 5.91 Å². The fraction of sp³-hybridized carbons (Fsp3) is 0.571. The molecule has 2 rings (SSSR count). The van der Waals surface area contributed by atoms with Crippen LogP contribution in [0.4, 0.5) is 17.6 Å². The summed E-state index contributed by atoms with van der Waals surface area (Å²) in [4.78, 5) is 21.4. The number of carbonyl (C=O) groups excluding carboxylic acids is 1. The summed E-state index contributed by atoms with van der Waals surface area (Å²) in [6, 6.07) is 0.613. The Morgan fingerprint density at radius 3 is 2.74 bits per heavy atom. The Morgan fingerprint density at radius 2 is 2.13 bits per heavy atom. The van der Waals surface area contributed by atoms with Crippen molar-refractivity contribution in [3.63, 3.8) is 0 Å². The summed E-state index contributed by atoms with van der Waals surface area (Å²) >= 11 is 0. The number of rotatable bonds is 4. The predicted octanol–water partition coefficient (Wildman–Crippen LogP) is 2.99. The number of halogens is 4. The normalized spacial score (nSPS) is 19.2. The molecule has 0 aromatic carbocycles. The fourth-order valence-electron chi connectivity index (χ4n) is 2.20. The highest BCUT2D eigenvalue weighted by molar-refractivity contribution is 5.81. The van der Waals surface area contributed by atoms with Gasteiger partial charge in [0, 0.05) is 12.6 Å². The first-order valence-corrected chi connectivity index (χ1v) is 6.88. The number of amides is 1. The van der Waals surface area contributed by atoms with Gasteiger partial charge in [0.1, 0.15) is 5.82 Å². The summed E-state index contributed by atoms with van der Waals surface area (Å²) in [6.45, 7) is 2.00. The zero-order valence-electron chi connectivity index (χ0n) is 12.6. The van der Waals surface area contributed by atoms with Gasteiger partial charge in [-0.3, -0.25) is 19.4 Å². The van der Waals surface area contributed by atoms with Gasteiger partial charge < -0.3 is 0 Å². The molecule has 1 fully saturated rings. The van der Waals surface area contributed by atoms with E-state index in [0.717, 1.165) is 11.3 Å². The molecule has 0 aliphatic carbocycles. The summed E-state index contributed by atoms with van der Waals surface area (Å²) in [5.41, 5.74) is -1.04. The maximum atomic E-state index is 13.3. The van der Waals surface area contributed by atoms with Gasteiger partial charge in [-0.05, 0) is 25.5 Å². The van der Waals surface area contributed by atoms with Crippen molar-refractivity contribution in [1.82, 2.24) is 10.0 Å². The van der Waals surface area contributed by atoms with Crippen molar-refractivity contribution in [3.8, 4) is 0 Å². The van der Waals surface area contributed by atoms with Crippen molar-refractivity contribution in [1.29, 1.82) is 0 Å². The largest absolute Gasteiger partial charge is 0.522 e. The Labute approximate surface area is 130 Å². The van der Waals surface area contributed by atoms with Crippen LogP contribution in [-0.2, 0) is 14.4 Å². The minimum atomic E-state index is -4.82. The molecule has 23 heavy (non-hydrogen) atoms. The van der Waals surface area contributed by atoms with Gasteiger partial charge in [0.05, 0.1) is 30.9 Å². The molecule has 0 bridgehead atoms. The Bertz CT molecular complexity index is 577. The van der Waals surface area contributed by atoms with E-state index in [4.69, 9.17) is 4.84 Å². The summed E-state index contributed by atoms with van der Waals surface area (Å²) in [7, 11) is 0. The van der Waals surface area contributed by atoms with E-state index < -0.39 is 36.2 Å². The van der Waals surface area contributed by atoms with Gasteiger partial charge >= 0.3 is 6.36 Å². The van der Waals surface area contributed by atoms with E-state index in [0.29, 0.717) is 12.0 Å². The first-order valence-electron chi connectivity index (χ1n) is 6.88. The molecule has 1 aliphatic rings. The maximum Gasteiger partial charge on any atom is 0.522 e. The summed E-state index contributed by atoms with van der Waals surface area (Å²) < 4.78 is 53.6. The number of ether oxygens (including phenoxy) is 1. The van der Waals surface area contributed by atoms with Gasteiger partial charge in [-0.1, -0.05) is 0 Å².